The van der Waals surface area contributed by atoms with Gasteiger partial charge >= 0.3 is 0 Å². The summed E-state index contributed by atoms with van der Waals surface area (Å²) in [5.41, 5.74) is -0.718. The molecule has 0 radical (unpaired) electrons. The Hall–Kier alpha value is -0.890. The number of aliphatic hydroxyl groups is 1. The van der Waals surface area contributed by atoms with Crippen LogP contribution in [0.25, 0.3) is 0 Å². The van der Waals surface area contributed by atoms with Crippen LogP contribution in [0.2, 0.25) is 0 Å². The van der Waals surface area contributed by atoms with Gasteiger partial charge in [-0.3, -0.25) is 0 Å². The van der Waals surface area contributed by atoms with Crippen molar-refractivity contribution in [1.29, 1.82) is 5.26 Å². The smallest absolute Gasteiger partial charge is 0.123 e. The Kier molecular flexibility index (Phi) is 4.48. The molecule has 1 aromatic carbocycles. The van der Waals surface area contributed by atoms with E-state index in [0.717, 1.165) is 17.3 Å². The van der Waals surface area contributed by atoms with Gasteiger partial charge in [-0.1, -0.05) is 54.3 Å². The highest BCUT2D eigenvalue weighted by Gasteiger charge is 2.29. The van der Waals surface area contributed by atoms with Crippen LogP contribution in [-0.2, 0) is 0 Å². The summed E-state index contributed by atoms with van der Waals surface area (Å²) in [6, 6.07) is 11.5. The Bertz CT molecular complexity index is 409. The van der Waals surface area contributed by atoms with Gasteiger partial charge in [-0.25, -0.2) is 0 Å². The molecule has 1 atom stereocenters. The first-order chi connectivity index (χ1) is 7.47. The minimum Gasteiger partial charge on any atom is -0.380 e. The fourth-order valence-corrected chi connectivity index (χ4v) is 2.18. The van der Waals surface area contributed by atoms with Crippen molar-refractivity contribution in [1.82, 2.24) is 0 Å². The predicted molar refractivity (Wildman–Crippen MR) is 71.1 cm³/mol. The molecule has 0 saturated heterocycles. The molecule has 1 N–H and O–H groups in total. The number of rotatable bonds is 3. The van der Waals surface area contributed by atoms with E-state index in [2.05, 4.69) is 6.07 Å². The van der Waals surface area contributed by atoms with Crippen molar-refractivity contribution in [3.63, 3.8) is 0 Å². The minimum atomic E-state index is -0.815. The van der Waals surface area contributed by atoms with Gasteiger partial charge in [0.25, 0.3) is 0 Å². The van der Waals surface area contributed by atoms with E-state index in [-0.39, 0.29) is 0 Å². The van der Waals surface area contributed by atoms with Crippen molar-refractivity contribution >= 4 is 28.2 Å². The molecule has 0 heterocycles. The van der Waals surface area contributed by atoms with Gasteiger partial charge in [0.1, 0.15) is 5.44 Å². The zero-order valence-corrected chi connectivity index (χ0v) is 10.8. The summed E-state index contributed by atoms with van der Waals surface area (Å²) in [4.78, 5) is 0. The summed E-state index contributed by atoms with van der Waals surface area (Å²) in [7, 11) is 0. The average Bonchev–Trinajstić information content (AvgIpc) is 2.30. The Morgan fingerprint density at radius 3 is 2.50 bits per heavy atom. The molecular weight excluding hydrogens is 238 g/mol. The standard InChI is InChI=1S/C12H13NOS2/c1-12(2,8-13)11(14)16-10(15)9-6-4-3-5-7-9/h3-7,11,14H,1-2H3/t11-/m1/s1. The van der Waals surface area contributed by atoms with E-state index in [0.29, 0.717) is 4.20 Å². The molecule has 0 amide bonds. The van der Waals surface area contributed by atoms with Crippen LogP contribution >= 0.6 is 24.0 Å². The van der Waals surface area contributed by atoms with Crippen LogP contribution in [0.3, 0.4) is 0 Å². The van der Waals surface area contributed by atoms with Crippen LogP contribution in [-0.4, -0.2) is 14.7 Å². The van der Waals surface area contributed by atoms with Crippen LogP contribution in [0.1, 0.15) is 19.4 Å². The van der Waals surface area contributed by atoms with Crippen molar-refractivity contribution < 1.29 is 5.11 Å². The van der Waals surface area contributed by atoms with Gasteiger partial charge in [-0.2, -0.15) is 5.26 Å². The summed E-state index contributed by atoms with van der Waals surface area (Å²) in [5.74, 6) is 0. The third-order valence-corrected chi connectivity index (χ3v) is 3.92. The maximum Gasteiger partial charge on any atom is 0.123 e. The molecule has 0 bridgehead atoms. The molecule has 0 aliphatic rings. The molecule has 0 aromatic heterocycles. The molecule has 0 spiro atoms. The highest BCUT2D eigenvalue weighted by Crippen LogP contribution is 2.30. The number of hydrogen-bond acceptors (Lipinski definition) is 4. The largest absolute Gasteiger partial charge is 0.380 e. The van der Waals surface area contributed by atoms with Gasteiger partial charge in [0, 0.05) is 0 Å². The zero-order valence-electron chi connectivity index (χ0n) is 9.18. The molecule has 2 nitrogen and oxygen atoms in total. The molecule has 0 aliphatic heterocycles. The second kappa shape index (κ2) is 5.44. The van der Waals surface area contributed by atoms with Crippen molar-refractivity contribution in [3.05, 3.63) is 35.9 Å². The topological polar surface area (TPSA) is 44.0 Å². The van der Waals surface area contributed by atoms with E-state index >= 15 is 0 Å². The Labute approximate surface area is 105 Å². The van der Waals surface area contributed by atoms with Crippen LogP contribution in [0.15, 0.2) is 30.3 Å². The monoisotopic (exact) mass is 251 g/mol. The average molecular weight is 251 g/mol. The number of aliphatic hydroxyl groups excluding tert-OH is 1. The zero-order chi connectivity index (χ0) is 12.2. The lowest BCUT2D eigenvalue weighted by Gasteiger charge is -2.22. The van der Waals surface area contributed by atoms with Crippen molar-refractivity contribution in [3.8, 4) is 6.07 Å². The van der Waals surface area contributed by atoms with Crippen molar-refractivity contribution in [2.75, 3.05) is 0 Å². The van der Waals surface area contributed by atoms with Crippen LogP contribution < -0.4 is 0 Å². The first kappa shape index (κ1) is 13.2. The first-order valence-corrected chi connectivity index (χ1v) is 6.11. The molecule has 0 aliphatic carbocycles. The van der Waals surface area contributed by atoms with Gasteiger partial charge in [0.05, 0.1) is 15.7 Å². The second-order valence-corrected chi connectivity index (χ2v) is 5.71. The van der Waals surface area contributed by atoms with Crippen LogP contribution in [0, 0.1) is 16.7 Å². The first-order valence-electron chi connectivity index (χ1n) is 4.83. The SMILES string of the molecule is CC(C)(C#N)[C@H](O)SC(=S)c1ccccc1. The Morgan fingerprint density at radius 2 is 2.00 bits per heavy atom. The van der Waals surface area contributed by atoms with Gasteiger partial charge in [0.15, 0.2) is 0 Å². The van der Waals surface area contributed by atoms with E-state index < -0.39 is 10.9 Å². The number of nitrogens with zero attached hydrogens (tertiary/aromatic N) is 1. The van der Waals surface area contributed by atoms with Crippen molar-refractivity contribution in [2.24, 2.45) is 5.41 Å². The fourth-order valence-electron chi connectivity index (χ4n) is 0.946. The Balaban J connectivity index is 2.71. The third-order valence-electron chi connectivity index (χ3n) is 2.13. The quantitative estimate of drug-likeness (QED) is 0.662. The summed E-state index contributed by atoms with van der Waals surface area (Å²) in [6.45, 7) is 3.39. The van der Waals surface area contributed by atoms with Crippen molar-refractivity contribution in [2.45, 2.75) is 19.3 Å². The molecule has 84 valence electrons. The number of thioether (sulfide) groups is 1. The summed E-state index contributed by atoms with van der Waals surface area (Å²) in [6.07, 6.45) is 0. The molecule has 4 heteroatoms. The van der Waals surface area contributed by atoms with Gasteiger partial charge < -0.3 is 5.11 Å². The summed E-state index contributed by atoms with van der Waals surface area (Å²) >= 11 is 6.36. The van der Waals surface area contributed by atoms with E-state index in [4.69, 9.17) is 17.5 Å². The number of benzene rings is 1. The van der Waals surface area contributed by atoms with Gasteiger partial charge in [0.2, 0.25) is 0 Å². The number of thiocarbonyl (C=S) groups is 1. The lowest BCUT2D eigenvalue weighted by molar-refractivity contribution is 0.171. The second-order valence-electron chi connectivity index (χ2n) is 3.96. The molecule has 16 heavy (non-hydrogen) atoms. The van der Waals surface area contributed by atoms with E-state index in [1.165, 1.54) is 0 Å². The summed E-state index contributed by atoms with van der Waals surface area (Å²) < 4.78 is 0.608. The number of nitriles is 1. The highest BCUT2D eigenvalue weighted by atomic mass is 32.2. The predicted octanol–water partition coefficient (Wildman–Crippen LogP) is 2.96. The maximum absolute atomic E-state index is 9.86. The fraction of sp³-hybridized carbons (Fsp3) is 0.333. The van der Waals surface area contributed by atoms with Gasteiger partial charge in [-0.15, -0.1) is 0 Å². The normalized spacial score (nSPS) is 12.9. The summed E-state index contributed by atoms with van der Waals surface area (Å²) in [5, 5.41) is 18.7. The third kappa shape index (κ3) is 3.31. The van der Waals surface area contributed by atoms with Gasteiger partial charge in [-0.05, 0) is 19.4 Å². The Morgan fingerprint density at radius 1 is 1.44 bits per heavy atom. The lowest BCUT2D eigenvalue weighted by atomic mass is 9.97. The van der Waals surface area contributed by atoms with Crippen LogP contribution in [0.5, 0.6) is 0 Å². The molecular formula is C12H13NOS2. The molecule has 0 fully saturated rings. The maximum atomic E-state index is 9.86. The number of hydrogen-bond donors (Lipinski definition) is 1. The molecule has 0 unspecified atom stereocenters. The highest BCUT2D eigenvalue weighted by molar-refractivity contribution is 8.24. The van der Waals surface area contributed by atoms with E-state index in [9.17, 15) is 5.11 Å². The molecule has 1 rings (SSSR count). The van der Waals surface area contributed by atoms with E-state index in [1.807, 2.05) is 30.3 Å². The minimum absolute atomic E-state index is 0.608. The molecule has 0 saturated carbocycles. The lowest BCUT2D eigenvalue weighted by Crippen LogP contribution is -2.25. The molecule has 1 aromatic rings. The van der Waals surface area contributed by atoms with Crippen LogP contribution in [0.4, 0.5) is 0 Å². The van der Waals surface area contributed by atoms with E-state index in [1.54, 1.807) is 13.8 Å².